The van der Waals surface area contributed by atoms with Gasteiger partial charge in [-0.2, -0.15) is 0 Å². The van der Waals surface area contributed by atoms with Crippen LogP contribution in [-0.2, 0) is 4.79 Å². The molecule has 2 heterocycles. The average molecular weight is 272 g/mol. The molecule has 3 rings (SSSR count). The Bertz CT molecular complexity index is 655. The van der Waals surface area contributed by atoms with Crippen LogP contribution in [0.4, 0.5) is 5.95 Å². The fourth-order valence-electron chi connectivity index (χ4n) is 2.40. The number of nitrogens with one attached hydrogen (secondary N) is 1. The fourth-order valence-corrected chi connectivity index (χ4v) is 2.40. The van der Waals surface area contributed by atoms with E-state index >= 15 is 0 Å². The number of fused-ring (bicyclic) bond motifs is 1. The summed E-state index contributed by atoms with van der Waals surface area (Å²) < 4.78 is 2.10. The molecule has 2 aromatic rings. The maximum Gasteiger partial charge on any atom is 0.229 e. The number of hydrogen-bond donors (Lipinski definition) is 1. The van der Waals surface area contributed by atoms with Crippen LogP contribution in [0.15, 0.2) is 12.1 Å². The van der Waals surface area contributed by atoms with Gasteiger partial charge in [0.25, 0.3) is 0 Å². The highest BCUT2D eigenvalue weighted by Crippen LogP contribution is 2.36. The number of hydrogen-bond acceptors (Lipinski definition) is 3. The van der Waals surface area contributed by atoms with E-state index in [1.807, 2.05) is 32.9 Å². The highest BCUT2D eigenvalue weighted by atomic mass is 16.2. The van der Waals surface area contributed by atoms with Crippen LogP contribution in [0.2, 0.25) is 0 Å². The van der Waals surface area contributed by atoms with Crippen LogP contribution in [0.25, 0.3) is 11.2 Å². The van der Waals surface area contributed by atoms with E-state index in [-0.39, 0.29) is 11.8 Å². The largest absolute Gasteiger partial charge is 0.296 e. The molecule has 0 unspecified atom stereocenters. The minimum absolute atomic E-state index is 0.00222. The molecule has 1 saturated carbocycles. The third kappa shape index (κ3) is 2.17. The van der Waals surface area contributed by atoms with E-state index in [1.54, 1.807) is 0 Å². The second-order valence-electron chi connectivity index (χ2n) is 5.83. The standard InChI is InChI=1S/C15H20N4O/c1-9(2)14(20)18-15-17-12-8-7-10(3)16-13(12)19(15)11-5-4-6-11/h7-9,11H,4-6H2,1-3H3,(H,17,18,20). The Morgan fingerprint density at radius 2 is 2.10 bits per heavy atom. The van der Waals surface area contributed by atoms with Crippen molar-refractivity contribution in [3.63, 3.8) is 0 Å². The normalized spacial score (nSPS) is 15.6. The van der Waals surface area contributed by atoms with Gasteiger partial charge in [0.05, 0.1) is 0 Å². The number of aromatic nitrogens is 3. The molecule has 2 aromatic heterocycles. The van der Waals surface area contributed by atoms with Crippen LogP contribution >= 0.6 is 0 Å². The van der Waals surface area contributed by atoms with Gasteiger partial charge < -0.3 is 0 Å². The zero-order valence-corrected chi connectivity index (χ0v) is 12.2. The number of carbonyl (C=O) groups excluding carboxylic acids is 1. The Kier molecular flexibility index (Phi) is 3.20. The molecule has 0 aliphatic heterocycles. The van der Waals surface area contributed by atoms with Crippen molar-refractivity contribution in [1.82, 2.24) is 14.5 Å². The zero-order chi connectivity index (χ0) is 14.3. The van der Waals surface area contributed by atoms with Crippen LogP contribution in [-0.4, -0.2) is 20.4 Å². The van der Waals surface area contributed by atoms with Gasteiger partial charge in [-0.3, -0.25) is 14.7 Å². The van der Waals surface area contributed by atoms with Gasteiger partial charge in [-0.15, -0.1) is 0 Å². The van der Waals surface area contributed by atoms with Gasteiger partial charge in [0.2, 0.25) is 11.9 Å². The zero-order valence-electron chi connectivity index (χ0n) is 12.2. The van der Waals surface area contributed by atoms with E-state index in [1.165, 1.54) is 6.42 Å². The van der Waals surface area contributed by atoms with Crippen molar-refractivity contribution in [2.24, 2.45) is 5.92 Å². The van der Waals surface area contributed by atoms with Gasteiger partial charge >= 0.3 is 0 Å². The van der Waals surface area contributed by atoms with Gasteiger partial charge in [0.15, 0.2) is 5.65 Å². The lowest BCUT2D eigenvalue weighted by Gasteiger charge is -2.28. The van der Waals surface area contributed by atoms with Crippen molar-refractivity contribution < 1.29 is 4.79 Å². The highest BCUT2D eigenvalue weighted by molar-refractivity contribution is 5.92. The van der Waals surface area contributed by atoms with Crippen molar-refractivity contribution in [2.75, 3.05) is 5.32 Å². The molecule has 106 valence electrons. The average Bonchev–Trinajstić information content (AvgIpc) is 2.66. The second kappa shape index (κ2) is 4.89. The summed E-state index contributed by atoms with van der Waals surface area (Å²) in [7, 11) is 0. The van der Waals surface area contributed by atoms with Crippen LogP contribution in [0.3, 0.4) is 0 Å². The first-order valence-electron chi connectivity index (χ1n) is 7.22. The number of nitrogens with zero attached hydrogens (tertiary/aromatic N) is 3. The number of anilines is 1. The summed E-state index contributed by atoms with van der Waals surface area (Å²) in [5.41, 5.74) is 2.70. The topological polar surface area (TPSA) is 59.8 Å². The molecular formula is C15H20N4O. The predicted molar refractivity (Wildman–Crippen MR) is 78.6 cm³/mol. The minimum atomic E-state index is -0.0562. The predicted octanol–water partition coefficient (Wildman–Crippen LogP) is 3.06. The molecule has 1 aliphatic carbocycles. The number of carbonyl (C=O) groups is 1. The molecule has 0 aromatic carbocycles. The molecule has 5 heteroatoms. The molecule has 0 atom stereocenters. The summed E-state index contributed by atoms with van der Waals surface area (Å²) >= 11 is 0. The van der Waals surface area contributed by atoms with E-state index in [0.717, 1.165) is 29.7 Å². The van der Waals surface area contributed by atoms with Crippen LogP contribution < -0.4 is 5.32 Å². The molecule has 0 radical (unpaired) electrons. The molecule has 0 spiro atoms. The van der Waals surface area contributed by atoms with E-state index in [9.17, 15) is 4.79 Å². The van der Waals surface area contributed by atoms with Crippen LogP contribution in [0.5, 0.6) is 0 Å². The Morgan fingerprint density at radius 1 is 1.35 bits per heavy atom. The first-order valence-corrected chi connectivity index (χ1v) is 7.22. The van der Waals surface area contributed by atoms with Crippen LogP contribution in [0, 0.1) is 12.8 Å². The summed E-state index contributed by atoms with van der Waals surface area (Å²) in [6.07, 6.45) is 3.49. The molecule has 5 nitrogen and oxygen atoms in total. The molecule has 0 bridgehead atoms. The second-order valence-corrected chi connectivity index (χ2v) is 5.83. The lowest BCUT2D eigenvalue weighted by atomic mass is 9.93. The SMILES string of the molecule is Cc1ccc2nc(NC(=O)C(C)C)n(C3CCC3)c2n1. The molecule has 1 N–H and O–H groups in total. The number of imidazole rings is 1. The van der Waals surface area contributed by atoms with Crippen molar-refractivity contribution in [2.45, 2.75) is 46.1 Å². The molecule has 20 heavy (non-hydrogen) atoms. The van der Waals surface area contributed by atoms with Crippen molar-refractivity contribution >= 4 is 23.0 Å². The lowest BCUT2D eigenvalue weighted by molar-refractivity contribution is -0.119. The first kappa shape index (κ1) is 13.1. The maximum atomic E-state index is 12.0. The van der Waals surface area contributed by atoms with E-state index < -0.39 is 0 Å². The lowest BCUT2D eigenvalue weighted by Crippen LogP contribution is -2.24. The highest BCUT2D eigenvalue weighted by Gasteiger charge is 2.26. The van der Waals surface area contributed by atoms with Gasteiger partial charge in [-0.1, -0.05) is 13.8 Å². The quantitative estimate of drug-likeness (QED) is 0.934. The molecule has 0 saturated heterocycles. The van der Waals surface area contributed by atoms with Crippen molar-refractivity contribution in [3.8, 4) is 0 Å². The minimum Gasteiger partial charge on any atom is -0.296 e. The van der Waals surface area contributed by atoms with Gasteiger partial charge in [0.1, 0.15) is 5.52 Å². The van der Waals surface area contributed by atoms with Crippen molar-refractivity contribution in [1.29, 1.82) is 0 Å². The Labute approximate surface area is 118 Å². The third-order valence-electron chi connectivity index (χ3n) is 3.88. The van der Waals surface area contributed by atoms with E-state index in [0.29, 0.717) is 12.0 Å². The van der Waals surface area contributed by atoms with Gasteiger partial charge in [-0.25, -0.2) is 9.97 Å². The monoisotopic (exact) mass is 272 g/mol. The summed E-state index contributed by atoms with van der Waals surface area (Å²) in [5, 5.41) is 2.94. The molecule has 1 fully saturated rings. The smallest absolute Gasteiger partial charge is 0.229 e. The Hall–Kier alpha value is -1.91. The molecule has 1 amide bonds. The molecule has 1 aliphatic rings. The number of rotatable bonds is 3. The summed E-state index contributed by atoms with van der Waals surface area (Å²) in [6.45, 7) is 5.74. The summed E-state index contributed by atoms with van der Waals surface area (Å²) in [4.78, 5) is 21.1. The fraction of sp³-hybridized carbons (Fsp3) is 0.533. The summed E-state index contributed by atoms with van der Waals surface area (Å²) in [6, 6.07) is 4.34. The van der Waals surface area contributed by atoms with Crippen molar-refractivity contribution in [3.05, 3.63) is 17.8 Å². The number of amides is 1. The molecular weight excluding hydrogens is 252 g/mol. The Balaban J connectivity index is 2.07. The van der Waals surface area contributed by atoms with Gasteiger partial charge in [0, 0.05) is 17.7 Å². The maximum absolute atomic E-state index is 12.0. The third-order valence-corrected chi connectivity index (χ3v) is 3.88. The van der Waals surface area contributed by atoms with Crippen LogP contribution in [0.1, 0.15) is 44.8 Å². The number of pyridine rings is 1. The number of aryl methyl sites for hydroxylation is 1. The van der Waals surface area contributed by atoms with E-state index in [2.05, 4.69) is 19.9 Å². The summed E-state index contributed by atoms with van der Waals surface area (Å²) in [5.74, 6) is 0.582. The Morgan fingerprint density at radius 3 is 2.70 bits per heavy atom. The van der Waals surface area contributed by atoms with Gasteiger partial charge in [-0.05, 0) is 38.3 Å². The van der Waals surface area contributed by atoms with E-state index in [4.69, 9.17) is 0 Å². The first-order chi connectivity index (χ1) is 9.56.